The first kappa shape index (κ1) is 15.7. The van der Waals surface area contributed by atoms with Crippen molar-refractivity contribution in [2.24, 2.45) is 0 Å². The second kappa shape index (κ2) is 6.72. The molecule has 0 aliphatic carbocycles. The molecule has 0 atom stereocenters. The minimum absolute atomic E-state index is 0.0581. The summed E-state index contributed by atoms with van der Waals surface area (Å²) in [4.78, 5) is 15.8. The maximum absolute atomic E-state index is 11.9. The van der Waals surface area contributed by atoms with Crippen LogP contribution >= 0.6 is 11.6 Å². The summed E-state index contributed by atoms with van der Waals surface area (Å²) < 4.78 is 22.6. The Balaban J connectivity index is 2.68. The van der Waals surface area contributed by atoms with Gasteiger partial charge in [0.1, 0.15) is 5.82 Å². The highest BCUT2D eigenvalue weighted by molar-refractivity contribution is 7.91. The molecule has 0 unspecified atom stereocenters. The van der Waals surface area contributed by atoms with Crippen molar-refractivity contribution < 1.29 is 13.2 Å². The van der Waals surface area contributed by atoms with Gasteiger partial charge in [-0.25, -0.2) is 13.4 Å². The van der Waals surface area contributed by atoms with E-state index in [2.05, 4.69) is 15.6 Å². The molecule has 0 aliphatic heterocycles. The first-order valence-electron chi connectivity index (χ1n) is 5.71. The summed E-state index contributed by atoms with van der Waals surface area (Å²) in [5.41, 5.74) is 0.259. The van der Waals surface area contributed by atoms with Gasteiger partial charge >= 0.3 is 0 Å². The number of amides is 1. The van der Waals surface area contributed by atoms with Crippen LogP contribution in [-0.2, 0) is 9.84 Å². The van der Waals surface area contributed by atoms with Crippen molar-refractivity contribution >= 4 is 33.2 Å². The number of nitrogens with one attached hydrogen (secondary N) is 2. The molecule has 0 fully saturated rings. The van der Waals surface area contributed by atoms with Crippen molar-refractivity contribution in [3.8, 4) is 0 Å². The zero-order valence-electron chi connectivity index (χ0n) is 10.7. The van der Waals surface area contributed by atoms with Crippen LogP contribution in [0.5, 0.6) is 0 Å². The summed E-state index contributed by atoms with van der Waals surface area (Å²) in [6, 6.07) is 1.51. The van der Waals surface area contributed by atoms with E-state index in [1.54, 1.807) is 14.0 Å². The molecule has 0 spiro atoms. The van der Waals surface area contributed by atoms with Crippen molar-refractivity contribution in [3.63, 3.8) is 0 Å². The van der Waals surface area contributed by atoms with E-state index in [1.165, 1.54) is 12.3 Å². The van der Waals surface area contributed by atoms with Gasteiger partial charge in [-0.1, -0.05) is 18.5 Å². The number of aromatic nitrogens is 1. The highest BCUT2D eigenvalue weighted by Gasteiger charge is 2.13. The number of pyridine rings is 1. The van der Waals surface area contributed by atoms with Crippen LogP contribution in [0.25, 0.3) is 0 Å². The fourth-order valence-corrected chi connectivity index (χ4v) is 2.20. The van der Waals surface area contributed by atoms with Crippen LogP contribution in [0.4, 0.5) is 5.82 Å². The maximum atomic E-state index is 11.9. The van der Waals surface area contributed by atoms with Gasteiger partial charge in [-0.05, 0) is 6.07 Å². The zero-order chi connectivity index (χ0) is 14.5. The molecule has 6 nitrogen and oxygen atoms in total. The van der Waals surface area contributed by atoms with Gasteiger partial charge in [0.15, 0.2) is 9.84 Å². The van der Waals surface area contributed by atoms with Crippen LogP contribution in [0.3, 0.4) is 0 Å². The van der Waals surface area contributed by atoms with Crippen LogP contribution in [0.1, 0.15) is 17.3 Å². The van der Waals surface area contributed by atoms with Crippen LogP contribution < -0.4 is 10.6 Å². The summed E-state index contributed by atoms with van der Waals surface area (Å²) >= 11 is 5.87. The van der Waals surface area contributed by atoms with E-state index < -0.39 is 15.7 Å². The first-order chi connectivity index (χ1) is 8.89. The van der Waals surface area contributed by atoms with Gasteiger partial charge in [-0.15, -0.1) is 0 Å². The van der Waals surface area contributed by atoms with Crippen molar-refractivity contribution in [3.05, 3.63) is 22.8 Å². The van der Waals surface area contributed by atoms with E-state index in [1.807, 2.05) is 0 Å². The Labute approximate surface area is 117 Å². The third kappa shape index (κ3) is 4.68. The Morgan fingerprint density at radius 1 is 1.47 bits per heavy atom. The smallest absolute Gasteiger partial charge is 0.253 e. The highest BCUT2D eigenvalue weighted by atomic mass is 35.5. The van der Waals surface area contributed by atoms with Crippen molar-refractivity contribution in [2.75, 3.05) is 30.4 Å². The van der Waals surface area contributed by atoms with Crippen molar-refractivity contribution in [1.29, 1.82) is 0 Å². The van der Waals surface area contributed by atoms with Gasteiger partial charge in [0.25, 0.3) is 5.91 Å². The van der Waals surface area contributed by atoms with E-state index in [0.29, 0.717) is 5.82 Å². The maximum Gasteiger partial charge on any atom is 0.253 e. The van der Waals surface area contributed by atoms with E-state index in [-0.39, 0.29) is 28.6 Å². The lowest BCUT2D eigenvalue weighted by atomic mass is 10.2. The van der Waals surface area contributed by atoms with Crippen molar-refractivity contribution in [1.82, 2.24) is 10.3 Å². The summed E-state index contributed by atoms with van der Waals surface area (Å²) in [5, 5.41) is 5.53. The quantitative estimate of drug-likeness (QED) is 0.816. The topological polar surface area (TPSA) is 88.2 Å². The molecule has 1 aromatic rings. The van der Waals surface area contributed by atoms with E-state index in [4.69, 9.17) is 11.6 Å². The van der Waals surface area contributed by atoms with Crippen molar-refractivity contribution in [2.45, 2.75) is 6.92 Å². The van der Waals surface area contributed by atoms with E-state index in [0.717, 1.165) is 0 Å². The van der Waals surface area contributed by atoms with Gasteiger partial charge in [0, 0.05) is 25.5 Å². The summed E-state index contributed by atoms with van der Waals surface area (Å²) in [5.74, 6) is 0.0607. The predicted molar refractivity (Wildman–Crippen MR) is 75.5 cm³/mol. The largest absolute Gasteiger partial charge is 0.373 e. The molecule has 1 aromatic heterocycles. The second-order valence-electron chi connectivity index (χ2n) is 3.79. The molecule has 1 heterocycles. The first-order valence-corrected chi connectivity index (χ1v) is 7.91. The molecule has 0 saturated heterocycles. The lowest BCUT2D eigenvalue weighted by Gasteiger charge is -2.08. The lowest BCUT2D eigenvalue weighted by Crippen LogP contribution is -2.29. The summed E-state index contributed by atoms with van der Waals surface area (Å²) in [7, 11) is -1.42. The number of sulfone groups is 1. The number of carbonyl (C=O) groups is 1. The fourth-order valence-electron chi connectivity index (χ4n) is 1.31. The third-order valence-corrected chi connectivity index (χ3v) is 4.50. The Kier molecular flexibility index (Phi) is 5.56. The second-order valence-corrected chi connectivity index (χ2v) is 6.67. The third-order valence-electron chi connectivity index (χ3n) is 2.49. The van der Waals surface area contributed by atoms with Gasteiger partial charge in [0.05, 0.1) is 16.3 Å². The summed E-state index contributed by atoms with van der Waals surface area (Å²) in [6.07, 6.45) is 1.37. The van der Waals surface area contributed by atoms with E-state index in [9.17, 15) is 13.2 Å². The monoisotopic (exact) mass is 305 g/mol. The van der Waals surface area contributed by atoms with Crippen LogP contribution in [0.15, 0.2) is 12.3 Å². The van der Waals surface area contributed by atoms with Gasteiger partial charge < -0.3 is 10.6 Å². The van der Waals surface area contributed by atoms with Crippen LogP contribution in [-0.4, -0.2) is 44.4 Å². The Morgan fingerprint density at radius 2 is 2.16 bits per heavy atom. The van der Waals surface area contributed by atoms with E-state index >= 15 is 0 Å². The molecule has 0 radical (unpaired) electrons. The van der Waals surface area contributed by atoms with Crippen LogP contribution in [0, 0.1) is 0 Å². The fraction of sp³-hybridized carbons (Fsp3) is 0.455. The van der Waals surface area contributed by atoms with Gasteiger partial charge in [0.2, 0.25) is 0 Å². The standard InChI is InChI=1S/C11H16ClN3O3S/c1-3-19(17,18)5-4-14-11(16)8-6-10(13-2)15-7-9(8)12/h6-7H,3-5H2,1-2H3,(H,13,15)(H,14,16). The number of hydrogen-bond donors (Lipinski definition) is 2. The molecular formula is C11H16ClN3O3S. The molecule has 0 saturated carbocycles. The molecule has 0 bridgehead atoms. The predicted octanol–water partition coefficient (Wildman–Crippen LogP) is 0.941. The molecule has 1 rings (SSSR count). The molecule has 0 aliphatic rings. The number of rotatable bonds is 6. The number of anilines is 1. The SMILES string of the molecule is CCS(=O)(=O)CCNC(=O)c1cc(NC)ncc1Cl. The lowest BCUT2D eigenvalue weighted by molar-refractivity contribution is 0.0956. The molecule has 8 heteroatoms. The number of hydrogen-bond acceptors (Lipinski definition) is 5. The minimum atomic E-state index is -3.09. The highest BCUT2D eigenvalue weighted by Crippen LogP contribution is 2.17. The van der Waals surface area contributed by atoms with Gasteiger partial charge in [-0.2, -0.15) is 0 Å². The van der Waals surface area contributed by atoms with Gasteiger partial charge in [-0.3, -0.25) is 4.79 Å². The average Bonchev–Trinajstić information content (AvgIpc) is 2.39. The molecule has 106 valence electrons. The zero-order valence-corrected chi connectivity index (χ0v) is 12.3. The molecule has 2 N–H and O–H groups in total. The molecule has 19 heavy (non-hydrogen) atoms. The minimum Gasteiger partial charge on any atom is -0.373 e. The van der Waals surface area contributed by atoms with Crippen LogP contribution in [0.2, 0.25) is 5.02 Å². The number of halogens is 1. The molecule has 0 aromatic carbocycles. The number of carbonyl (C=O) groups excluding carboxylic acids is 1. The number of nitrogens with zero attached hydrogens (tertiary/aromatic N) is 1. The average molecular weight is 306 g/mol. The Hall–Kier alpha value is -1.34. The normalized spacial score (nSPS) is 11.1. The summed E-state index contributed by atoms with van der Waals surface area (Å²) in [6.45, 7) is 1.62. The Morgan fingerprint density at radius 3 is 2.74 bits per heavy atom. The molecule has 1 amide bonds. The Bertz CT molecular complexity index is 560. The molecular weight excluding hydrogens is 290 g/mol.